The van der Waals surface area contributed by atoms with Crippen LogP contribution in [0.15, 0.2) is 22.7 Å². The molecule has 1 N–H and O–H groups in total. The quantitative estimate of drug-likeness (QED) is 0.888. The van der Waals surface area contributed by atoms with E-state index >= 15 is 0 Å². The van der Waals surface area contributed by atoms with Gasteiger partial charge in [-0.05, 0) is 65.2 Å². The zero-order valence-electron chi connectivity index (χ0n) is 9.25. The molecule has 1 amide bonds. The van der Waals surface area contributed by atoms with Crippen molar-refractivity contribution in [2.45, 2.75) is 19.3 Å². The molecule has 1 aromatic rings. The average Bonchev–Trinajstić information content (AvgIpc) is 2.91. The highest BCUT2D eigenvalue weighted by Gasteiger charge is 2.47. The van der Waals surface area contributed by atoms with Crippen molar-refractivity contribution in [2.24, 2.45) is 17.8 Å². The van der Waals surface area contributed by atoms with E-state index in [9.17, 15) is 9.18 Å². The molecule has 0 spiro atoms. The number of hydrogen-bond acceptors (Lipinski definition) is 1. The second-order valence-electron chi connectivity index (χ2n) is 5.04. The number of hydrogen-bond donors (Lipinski definition) is 1. The Morgan fingerprint density at radius 3 is 2.65 bits per heavy atom. The van der Waals surface area contributed by atoms with Gasteiger partial charge in [0.2, 0.25) is 5.91 Å². The van der Waals surface area contributed by atoms with Crippen molar-refractivity contribution in [3.63, 3.8) is 0 Å². The summed E-state index contributed by atoms with van der Waals surface area (Å²) in [7, 11) is 0. The Balaban J connectivity index is 1.65. The van der Waals surface area contributed by atoms with Crippen LogP contribution >= 0.6 is 15.9 Å². The number of benzene rings is 1. The molecule has 2 nitrogen and oxygen atoms in total. The van der Waals surface area contributed by atoms with Gasteiger partial charge in [0.15, 0.2) is 0 Å². The van der Waals surface area contributed by atoms with Crippen molar-refractivity contribution < 1.29 is 9.18 Å². The summed E-state index contributed by atoms with van der Waals surface area (Å²) in [6.07, 6.45) is 3.32. The topological polar surface area (TPSA) is 29.1 Å². The molecule has 0 saturated heterocycles. The largest absolute Gasteiger partial charge is 0.326 e. The van der Waals surface area contributed by atoms with E-state index in [1.807, 2.05) is 0 Å². The lowest BCUT2D eigenvalue weighted by molar-refractivity contribution is -0.120. The third-order valence-corrected chi connectivity index (χ3v) is 4.44. The molecule has 0 aromatic heterocycles. The molecule has 90 valence electrons. The van der Waals surface area contributed by atoms with E-state index < -0.39 is 0 Å². The lowest BCUT2D eigenvalue weighted by Gasteiger charge is -2.12. The van der Waals surface area contributed by atoms with Crippen LogP contribution < -0.4 is 5.32 Å². The molecule has 0 radical (unpaired) electrons. The van der Waals surface area contributed by atoms with Crippen LogP contribution in [0.5, 0.6) is 0 Å². The van der Waals surface area contributed by atoms with Crippen LogP contribution in [0.25, 0.3) is 0 Å². The minimum Gasteiger partial charge on any atom is -0.326 e. The molecule has 0 bridgehead atoms. The molecule has 3 rings (SSSR count). The Labute approximate surface area is 108 Å². The Morgan fingerprint density at radius 1 is 1.29 bits per heavy atom. The Kier molecular flexibility index (Phi) is 2.69. The summed E-state index contributed by atoms with van der Waals surface area (Å²) >= 11 is 3.09. The zero-order valence-corrected chi connectivity index (χ0v) is 10.8. The fourth-order valence-electron chi connectivity index (χ4n) is 2.75. The smallest absolute Gasteiger partial charge is 0.227 e. The summed E-state index contributed by atoms with van der Waals surface area (Å²) in [5, 5.41) is 2.79. The molecule has 2 aliphatic carbocycles. The first kappa shape index (κ1) is 11.2. The average molecular weight is 298 g/mol. The van der Waals surface area contributed by atoms with Crippen molar-refractivity contribution in [3.05, 3.63) is 28.5 Å². The zero-order chi connectivity index (χ0) is 12.0. The summed E-state index contributed by atoms with van der Waals surface area (Å²) in [5.74, 6) is 1.39. The normalized spacial score (nSPS) is 29.9. The molecule has 4 heteroatoms. The van der Waals surface area contributed by atoms with Gasteiger partial charge >= 0.3 is 0 Å². The molecule has 2 saturated carbocycles. The van der Waals surface area contributed by atoms with E-state index in [2.05, 4.69) is 21.2 Å². The SMILES string of the molecule is O=C(Nc1ccc(Br)c(F)c1)C1CC2CC2C1. The van der Waals surface area contributed by atoms with Crippen molar-refractivity contribution in [2.75, 3.05) is 5.32 Å². The van der Waals surface area contributed by atoms with E-state index in [1.165, 1.54) is 12.5 Å². The van der Waals surface area contributed by atoms with Crippen LogP contribution in [0.4, 0.5) is 10.1 Å². The summed E-state index contributed by atoms with van der Waals surface area (Å²) < 4.78 is 13.7. The van der Waals surface area contributed by atoms with Crippen LogP contribution in [0, 0.1) is 23.6 Å². The van der Waals surface area contributed by atoms with Crippen LogP contribution in [-0.4, -0.2) is 5.91 Å². The highest BCUT2D eigenvalue weighted by Crippen LogP contribution is 2.54. The maximum Gasteiger partial charge on any atom is 0.227 e. The number of rotatable bonds is 2. The molecular formula is C13H13BrFNO. The van der Waals surface area contributed by atoms with E-state index in [4.69, 9.17) is 0 Å². The van der Waals surface area contributed by atoms with Gasteiger partial charge in [0.1, 0.15) is 5.82 Å². The molecule has 2 aliphatic rings. The molecule has 0 heterocycles. The Hall–Kier alpha value is -0.900. The summed E-state index contributed by atoms with van der Waals surface area (Å²) in [6.45, 7) is 0. The fraction of sp³-hybridized carbons (Fsp3) is 0.462. The van der Waals surface area contributed by atoms with E-state index in [0.29, 0.717) is 10.2 Å². The number of halogens is 2. The van der Waals surface area contributed by atoms with E-state index in [1.54, 1.807) is 12.1 Å². The lowest BCUT2D eigenvalue weighted by Crippen LogP contribution is -2.21. The molecule has 2 unspecified atom stereocenters. The molecule has 1 aromatic carbocycles. The molecule has 0 aliphatic heterocycles. The Bertz CT molecular complexity index is 466. The van der Waals surface area contributed by atoms with Gasteiger partial charge in [0, 0.05) is 11.6 Å². The summed E-state index contributed by atoms with van der Waals surface area (Å²) in [4.78, 5) is 11.9. The van der Waals surface area contributed by atoms with Gasteiger partial charge in [-0.2, -0.15) is 0 Å². The standard InChI is InChI=1S/C13H13BrFNO/c14-11-2-1-10(6-12(11)15)16-13(17)9-4-7-3-8(7)5-9/h1-2,6-9H,3-5H2,(H,16,17). The number of carbonyl (C=O) groups excluding carboxylic acids is 1. The van der Waals surface area contributed by atoms with Crippen molar-refractivity contribution in [1.82, 2.24) is 0 Å². The first-order chi connectivity index (χ1) is 8.13. The van der Waals surface area contributed by atoms with Gasteiger partial charge in [-0.1, -0.05) is 0 Å². The lowest BCUT2D eigenvalue weighted by atomic mass is 10.0. The van der Waals surface area contributed by atoms with E-state index in [-0.39, 0.29) is 17.6 Å². The predicted molar refractivity (Wildman–Crippen MR) is 67.1 cm³/mol. The molecule has 2 atom stereocenters. The monoisotopic (exact) mass is 297 g/mol. The predicted octanol–water partition coefficient (Wildman–Crippen LogP) is 3.57. The van der Waals surface area contributed by atoms with Crippen LogP contribution in [0.3, 0.4) is 0 Å². The maximum absolute atomic E-state index is 13.3. The number of fused-ring (bicyclic) bond motifs is 1. The van der Waals surface area contributed by atoms with E-state index in [0.717, 1.165) is 24.7 Å². The summed E-state index contributed by atoms with van der Waals surface area (Å²) in [6, 6.07) is 4.66. The van der Waals surface area contributed by atoms with Crippen LogP contribution in [0.2, 0.25) is 0 Å². The second-order valence-corrected chi connectivity index (χ2v) is 5.90. The number of carbonyl (C=O) groups is 1. The second kappa shape index (κ2) is 4.09. The minimum atomic E-state index is -0.350. The minimum absolute atomic E-state index is 0.0407. The summed E-state index contributed by atoms with van der Waals surface area (Å²) in [5.41, 5.74) is 0.538. The molecule has 17 heavy (non-hydrogen) atoms. The van der Waals surface area contributed by atoms with Gasteiger partial charge in [-0.25, -0.2) is 4.39 Å². The first-order valence-corrected chi connectivity index (χ1v) is 6.68. The van der Waals surface area contributed by atoms with Gasteiger partial charge < -0.3 is 5.32 Å². The van der Waals surface area contributed by atoms with Crippen LogP contribution in [0.1, 0.15) is 19.3 Å². The third-order valence-electron chi connectivity index (χ3n) is 3.80. The van der Waals surface area contributed by atoms with Crippen LogP contribution in [-0.2, 0) is 4.79 Å². The Morgan fingerprint density at radius 2 is 2.00 bits per heavy atom. The van der Waals surface area contributed by atoms with Gasteiger partial charge in [-0.15, -0.1) is 0 Å². The number of amides is 1. The van der Waals surface area contributed by atoms with Crippen molar-refractivity contribution >= 4 is 27.5 Å². The molecule has 2 fully saturated rings. The maximum atomic E-state index is 13.3. The van der Waals surface area contributed by atoms with Gasteiger partial charge in [0.05, 0.1) is 4.47 Å². The van der Waals surface area contributed by atoms with Gasteiger partial charge in [-0.3, -0.25) is 4.79 Å². The van der Waals surface area contributed by atoms with Crippen molar-refractivity contribution in [3.8, 4) is 0 Å². The fourth-order valence-corrected chi connectivity index (χ4v) is 2.99. The third kappa shape index (κ3) is 2.23. The van der Waals surface area contributed by atoms with Crippen molar-refractivity contribution in [1.29, 1.82) is 0 Å². The molecular weight excluding hydrogens is 285 g/mol. The number of nitrogens with one attached hydrogen (secondary N) is 1. The highest BCUT2D eigenvalue weighted by atomic mass is 79.9. The highest BCUT2D eigenvalue weighted by molar-refractivity contribution is 9.10. The first-order valence-electron chi connectivity index (χ1n) is 5.89. The number of anilines is 1. The van der Waals surface area contributed by atoms with Gasteiger partial charge in [0.25, 0.3) is 0 Å².